The maximum atomic E-state index is 11.6. The molecule has 1 aromatic heterocycles. The van der Waals surface area contributed by atoms with Crippen molar-refractivity contribution >= 4 is 33.2 Å². The van der Waals surface area contributed by atoms with E-state index in [0.29, 0.717) is 11.5 Å². The number of carbonyl (C=O) groups is 1. The van der Waals surface area contributed by atoms with Crippen LogP contribution in [-0.4, -0.2) is 25.7 Å². The summed E-state index contributed by atoms with van der Waals surface area (Å²) in [6.45, 7) is 2.43. The molecule has 0 saturated carbocycles. The van der Waals surface area contributed by atoms with Crippen molar-refractivity contribution in [2.75, 3.05) is 13.7 Å². The molecule has 1 rings (SSSR count). The van der Waals surface area contributed by atoms with Crippen molar-refractivity contribution in [1.82, 2.24) is 5.32 Å². The van der Waals surface area contributed by atoms with Gasteiger partial charge in [-0.1, -0.05) is 0 Å². The highest BCUT2D eigenvalue weighted by molar-refractivity contribution is 9.10. The fraction of sp³-hybridized carbons (Fsp3) is 0.444. The number of rotatable bonds is 4. The lowest BCUT2D eigenvalue weighted by Gasteiger charge is -2.11. The van der Waals surface area contributed by atoms with E-state index in [9.17, 15) is 4.79 Å². The first-order valence-corrected chi connectivity index (χ1v) is 5.85. The number of methoxy groups -OCH3 is 1. The molecule has 0 fully saturated rings. The summed E-state index contributed by atoms with van der Waals surface area (Å²) in [6.07, 6.45) is 0. The smallest absolute Gasteiger partial charge is 0.262 e. The molecule has 0 aliphatic carbocycles. The van der Waals surface area contributed by atoms with Crippen molar-refractivity contribution in [1.29, 1.82) is 0 Å². The van der Waals surface area contributed by atoms with Gasteiger partial charge >= 0.3 is 0 Å². The number of amides is 1. The van der Waals surface area contributed by atoms with Crippen molar-refractivity contribution in [3.63, 3.8) is 0 Å². The van der Waals surface area contributed by atoms with Gasteiger partial charge in [-0.15, -0.1) is 11.3 Å². The first kappa shape index (κ1) is 11.7. The van der Waals surface area contributed by atoms with Crippen LogP contribution in [0.3, 0.4) is 0 Å². The Balaban J connectivity index is 2.55. The molecule has 1 atom stereocenters. The fourth-order valence-corrected chi connectivity index (χ4v) is 2.49. The Kier molecular flexibility index (Phi) is 4.57. The van der Waals surface area contributed by atoms with E-state index in [1.54, 1.807) is 7.11 Å². The predicted octanol–water partition coefficient (Wildman–Crippen LogP) is 2.28. The Morgan fingerprint density at radius 2 is 2.50 bits per heavy atom. The van der Waals surface area contributed by atoms with E-state index in [1.165, 1.54) is 11.3 Å². The molecular weight excluding hydrogens is 266 g/mol. The van der Waals surface area contributed by atoms with E-state index in [-0.39, 0.29) is 11.9 Å². The van der Waals surface area contributed by atoms with Crippen LogP contribution in [0.2, 0.25) is 0 Å². The minimum atomic E-state index is -0.0589. The molecular formula is C9H12BrNO2S. The average molecular weight is 278 g/mol. The summed E-state index contributed by atoms with van der Waals surface area (Å²) >= 11 is 4.73. The van der Waals surface area contributed by atoms with Gasteiger partial charge in [0.15, 0.2) is 0 Å². The molecule has 3 nitrogen and oxygen atoms in total. The SMILES string of the molecule is COCC(C)NC(=O)c1sccc1Br. The molecule has 14 heavy (non-hydrogen) atoms. The van der Waals surface area contributed by atoms with Gasteiger partial charge in [0.1, 0.15) is 4.88 Å². The molecule has 5 heteroatoms. The lowest BCUT2D eigenvalue weighted by Crippen LogP contribution is -2.35. The topological polar surface area (TPSA) is 38.3 Å². The monoisotopic (exact) mass is 277 g/mol. The van der Waals surface area contributed by atoms with E-state index in [1.807, 2.05) is 18.4 Å². The molecule has 0 radical (unpaired) electrons. The van der Waals surface area contributed by atoms with Gasteiger partial charge in [-0.05, 0) is 34.3 Å². The van der Waals surface area contributed by atoms with Crippen LogP contribution in [-0.2, 0) is 4.74 Å². The summed E-state index contributed by atoms with van der Waals surface area (Å²) in [5.41, 5.74) is 0. The van der Waals surface area contributed by atoms with E-state index >= 15 is 0 Å². The van der Waals surface area contributed by atoms with Crippen molar-refractivity contribution in [2.24, 2.45) is 0 Å². The maximum absolute atomic E-state index is 11.6. The van der Waals surface area contributed by atoms with Crippen LogP contribution in [0.1, 0.15) is 16.6 Å². The second kappa shape index (κ2) is 5.48. The Morgan fingerprint density at radius 1 is 1.79 bits per heavy atom. The Labute approximate surface area is 95.6 Å². The molecule has 0 aromatic carbocycles. The quantitative estimate of drug-likeness (QED) is 0.917. The van der Waals surface area contributed by atoms with Gasteiger partial charge < -0.3 is 10.1 Å². The number of hydrogen-bond acceptors (Lipinski definition) is 3. The predicted molar refractivity (Wildman–Crippen MR) is 60.8 cm³/mol. The van der Waals surface area contributed by atoms with Crippen molar-refractivity contribution in [2.45, 2.75) is 13.0 Å². The number of carbonyl (C=O) groups excluding carboxylic acids is 1. The summed E-state index contributed by atoms with van der Waals surface area (Å²) in [4.78, 5) is 12.3. The van der Waals surface area contributed by atoms with E-state index in [2.05, 4.69) is 21.2 Å². The second-order valence-electron chi connectivity index (χ2n) is 2.93. The molecule has 0 saturated heterocycles. The van der Waals surface area contributed by atoms with Crippen molar-refractivity contribution in [3.05, 3.63) is 20.8 Å². The lowest BCUT2D eigenvalue weighted by molar-refractivity contribution is 0.0909. The molecule has 0 bridgehead atoms. The maximum Gasteiger partial charge on any atom is 0.262 e. The Morgan fingerprint density at radius 3 is 3.00 bits per heavy atom. The summed E-state index contributed by atoms with van der Waals surface area (Å²) < 4.78 is 5.77. The van der Waals surface area contributed by atoms with Gasteiger partial charge in [-0.2, -0.15) is 0 Å². The average Bonchev–Trinajstić information content (AvgIpc) is 2.51. The summed E-state index contributed by atoms with van der Waals surface area (Å²) in [5.74, 6) is -0.0589. The van der Waals surface area contributed by atoms with Crippen molar-refractivity contribution in [3.8, 4) is 0 Å². The van der Waals surface area contributed by atoms with Gasteiger partial charge in [0.05, 0.1) is 6.61 Å². The molecule has 1 aromatic rings. The zero-order chi connectivity index (χ0) is 10.6. The Hall–Kier alpha value is -0.390. The molecule has 1 amide bonds. The van der Waals surface area contributed by atoms with E-state index in [0.717, 1.165) is 4.47 Å². The lowest BCUT2D eigenvalue weighted by atomic mass is 10.3. The van der Waals surface area contributed by atoms with Crippen LogP contribution >= 0.6 is 27.3 Å². The third kappa shape index (κ3) is 3.08. The molecule has 1 unspecified atom stereocenters. The molecule has 1 N–H and O–H groups in total. The van der Waals surface area contributed by atoms with Crippen LogP contribution in [0.25, 0.3) is 0 Å². The minimum Gasteiger partial charge on any atom is -0.383 e. The van der Waals surface area contributed by atoms with Crippen LogP contribution in [0, 0.1) is 0 Å². The highest BCUT2D eigenvalue weighted by Gasteiger charge is 2.13. The molecule has 0 aliphatic heterocycles. The van der Waals surface area contributed by atoms with Crippen molar-refractivity contribution < 1.29 is 9.53 Å². The van der Waals surface area contributed by atoms with Gasteiger partial charge in [0, 0.05) is 17.6 Å². The first-order chi connectivity index (χ1) is 6.65. The largest absolute Gasteiger partial charge is 0.383 e. The van der Waals surface area contributed by atoms with E-state index < -0.39 is 0 Å². The summed E-state index contributed by atoms with van der Waals surface area (Å²) in [6, 6.07) is 1.89. The number of nitrogens with one attached hydrogen (secondary N) is 1. The normalized spacial score (nSPS) is 12.5. The van der Waals surface area contributed by atoms with Crippen LogP contribution in [0.5, 0.6) is 0 Å². The standard InChI is InChI=1S/C9H12BrNO2S/c1-6(5-13-2)11-9(12)8-7(10)3-4-14-8/h3-4,6H,5H2,1-2H3,(H,11,12). The molecule has 1 heterocycles. The van der Waals surface area contributed by atoms with Gasteiger partial charge in [0.2, 0.25) is 0 Å². The second-order valence-corrected chi connectivity index (χ2v) is 4.70. The highest BCUT2D eigenvalue weighted by Crippen LogP contribution is 2.22. The molecule has 0 spiro atoms. The summed E-state index contributed by atoms with van der Waals surface area (Å²) in [7, 11) is 1.61. The van der Waals surface area contributed by atoms with Crippen LogP contribution in [0.4, 0.5) is 0 Å². The van der Waals surface area contributed by atoms with Gasteiger partial charge in [-0.25, -0.2) is 0 Å². The zero-order valence-corrected chi connectivity index (χ0v) is 10.4. The number of hydrogen-bond donors (Lipinski definition) is 1. The highest BCUT2D eigenvalue weighted by atomic mass is 79.9. The zero-order valence-electron chi connectivity index (χ0n) is 8.04. The Bertz CT molecular complexity index is 314. The van der Waals surface area contributed by atoms with Gasteiger partial charge in [0.25, 0.3) is 5.91 Å². The third-order valence-corrected chi connectivity index (χ3v) is 3.45. The number of ether oxygens (including phenoxy) is 1. The molecule has 78 valence electrons. The fourth-order valence-electron chi connectivity index (χ4n) is 1.04. The van der Waals surface area contributed by atoms with Crippen LogP contribution in [0.15, 0.2) is 15.9 Å². The first-order valence-electron chi connectivity index (χ1n) is 4.18. The number of thiophene rings is 1. The minimum absolute atomic E-state index is 0.0292. The van der Waals surface area contributed by atoms with E-state index in [4.69, 9.17) is 4.74 Å². The molecule has 0 aliphatic rings. The number of halogens is 1. The van der Waals surface area contributed by atoms with Crippen LogP contribution < -0.4 is 5.32 Å². The third-order valence-electron chi connectivity index (χ3n) is 1.62. The van der Waals surface area contributed by atoms with Gasteiger partial charge in [-0.3, -0.25) is 4.79 Å². The summed E-state index contributed by atoms with van der Waals surface area (Å²) in [5, 5.41) is 4.72.